The van der Waals surface area contributed by atoms with Crippen molar-refractivity contribution in [1.29, 1.82) is 0 Å². The van der Waals surface area contributed by atoms with Crippen molar-refractivity contribution >= 4 is 23.2 Å². The number of nitrogens with two attached hydrogens (primary N) is 1. The molecule has 0 unspecified atom stereocenters. The molecule has 1 nitrogen and oxygen atoms in total. The molecular weight excluding hydrogens is 181 g/mol. The second-order valence-electron chi connectivity index (χ2n) is 2.45. The molecule has 0 aromatic heterocycles. The van der Waals surface area contributed by atoms with Gasteiger partial charge in [-0.3, -0.25) is 0 Å². The number of benzene rings is 1. The minimum absolute atomic E-state index is 0.0419. The fourth-order valence-electron chi connectivity index (χ4n) is 0.871. The zero-order chi connectivity index (χ0) is 8.43. The summed E-state index contributed by atoms with van der Waals surface area (Å²) >= 11 is 11.6. The van der Waals surface area contributed by atoms with E-state index in [1.807, 2.05) is 13.0 Å². The van der Waals surface area contributed by atoms with Gasteiger partial charge in [0.2, 0.25) is 0 Å². The van der Waals surface area contributed by atoms with Gasteiger partial charge in [0.15, 0.2) is 0 Å². The summed E-state index contributed by atoms with van der Waals surface area (Å²) in [7, 11) is 0. The zero-order valence-electron chi connectivity index (χ0n) is 6.14. The molecule has 0 bridgehead atoms. The predicted molar refractivity (Wildman–Crippen MR) is 49.1 cm³/mol. The van der Waals surface area contributed by atoms with E-state index in [2.05, 4.69) is 0 Å². The molecule has 60 valence electrons. The van der Waals surface area contributed by atoms with Gasteiger partial charge in [-0.05, 0) is 24.6 Å². The summed E-state index contributed by atoms with van der Waals surface area (Å²) in [4.78, 5) is 0. The van der Waals surface area contributed by atoms with Crippen molar-refractivity contribution in [2.45, 2.75) is 13.0 Å². The maximum atomic E-state index is 5.86. The Morgan fingerprint density at radius 2 is 2.00 bits per heavy atom. The van der Waals surface area contributed by atoms with Gasteiger partial charge in [0.25, 0.3) is 0 Å². The lowest BCUT2D eigenvalue weighted by Gasteiger charge is -2.07. The smallest absolute Gasteiger partial charge is 0.0468 e. The van der Waals surface area contributed by atoms with Crippen LogP contribution in [-0.4, -0.2) is 0 Å². The van der Waals surface area contributed by atoms with Crippen LogP contribution in [0.5, 0.6) is 0 Å². The maximum Gasteiger partial charge on any atom is 0.0468 e. The fourth-order valence-corrected chi connectivity index (χ4v) is 1.45. The zero-order valence-corrected chi connectivity index (χ0v) is 7.65. The first-order valence-electron chi connectivity index (χ1n) is 3.32. The van der Waals surface area contributed by atoms with E-state index in [0.717, 1.165) is 5.56 Å². The predicted octanol–water partition coefficient (Wildman–Crippen LogP) is 3.01. The van der Waals surface area contributed by atoms with E-state index in [-0.39, 0.29) is 6.04 Å². The van der Waals surface area contributed by atoms with E-state index in [9.17, 15) is 0 Å². The first-order chi connectivity index (χ1) is 5.11. The third-order valence-electron chi connectivity index (χ3n) is 1.45. The summed E-state index contributed by atoms with van der Waals surface area (Å²) in [5.74, 6) is 0. The van der Waals surface area contributed by atoms with Gasteiger partial charge < -0.3 is 5.73 Å². The third kappa shape index (κ3) is 2.09. The van der Waals surface area contributed by atoms with Gasteiger partial charge in [0, 0.05) is 16.1 Å². The van der Waals surface area contributed by atoms with Crippen LogP contribution in [0.3, 0.4) is 0 Å². The van der Waals surface area contributed by atoms with Gasteiger partial charge in [-0.2, -0.15) is 0 Å². The SMILES string of the molecule is C[C@H](N)c1ccc(Cl)cc1Cl. The number of hydrogen-bond donors (Lipinski definition) is 1. The molecule has 0 aliphatic rings. The molecular formula is C8H9Cl2N. The van der Waals surface area contributed by atoms with Gasteiger partial charge >= 0.3 is 0 Å². The topological polar surface area (TPSA) is 26.0 Å². The standard InChI is InChI=1S/C8H9Cl2N/c1-5(11)7-3-2-6(9)4-8(7)10/h2-5H,11H2,1H3/t5-/m0/s1. The Morgan fingerprint density at radius 3 is 2.45 bits per heavy atom. The molecule has 0 radical (unpaired) electrons. The Labute approximate surface area is 76.1 Å². The fraction of sp³-hybridized carbons (Fsp3) is 0.250. The van der Waals surface area contributed by atoms with Crippen LogP contribution in [0, 0.1) is 0 Å². The molecule has 0 saturated heterocycles. The van der Waals surface area contributed by atoms with E-state index in [1.54, 1.807) is 12.1 Å². The molecule has 0 spiro atoms. The van der Waals surface area contributed by atoms with Crippen LogP contribution in [-0.2, 0) is 0 Å². The molecule has 1 rings (SSSR count). The average Bonchev–Trinajstić information content (AvgIpc) is 1.85. The lowest BCUT2D eigenvalue weighted by molar-refractivity contribution is 0.818. The van der Waals surface area contributed by atoms with E-state index in [1.165, 1.54) is 0 Å². The molecule has 3 heteroatoms. The van der Waals surface area contributed by atoms with E-state index >= 15 is 0 Å². The van der Waals surface area contributed by atoms with Crippen molar-refractivity contribution < 1.29 is 0 Å². The largest absolute Gasteiger partial charge is 0.324 e. The summed E-state index contributed by atoms with van der Waals surface area (Å²) < 4.78 is 0. The first-order valence-corrected chi connectivity index (χ1v) is 4.07. The summed E-state index contributed by atoms with van der Waals surface area (Å²) in [6.07, 6.45) is 0. The normalized spacial score (nSPS) is 13.1. The van der Waals surface area contributed by atoms with Gasteiger partial charge in [0.05, 0.1) is 0 Å². The van der Waals surface area contributed by atoms with E-state index < -0.39 is 0 Å². The minimum Gasteiger partial charge on any atom is -0.324 e. The second kappa shape index (κ2) is 3.44. The van der Waals surface area contributed by atoms with E-state index in [0.29, 0.717) is 10.0 Å². The van der Waals surface area contributed by atoms with Crippen molar-refractivity contribution in [3.8, 4) is 0 Å². The van der Waals surface area contributed by atoms with Crippen LogP contribution in [0.1, 0.15) is 18.5 Å². The van der Waals surface area contributed by atoms with Gasteiger partial charge in [-0.15, -0.1) is 0 Å². The Bertz CT molecular complexity index is 258. The number of rotatable bonds is 1. The van der Waals surface area contributed by atoms with Gasteiger partial charge in [0.1, 0.15) is 0 Å². The molecule has 0 heterocycles. The van der Waals surface area contributed by atoms with Crippen molar-refractivity contribution in [1.82, 2.24) is 0 Å². The van der Waals surface area contributed by atoms with Crippen LogP contribution in [0.2, 0.25) is 10.0 Å². The Morgan fingerprint density at radius 1 is 1.36 bits per heavy atom. The van der Waals surface area contributed by atoms with Crippen molar-refractivity contribution in [3.05, 3.63) is 33.8 Å². The Hall–Kier alpha value is -0.240. The minimum atomic E-state index is -0.0419. The summed E-state index contributed by atoms with van der Waals surface area (Å²) in [5, 5.41) is 1.27. The van der Waals surface area contributed by atoms with Gasteiger partial charge in [-0.1, -0.05) is 29.3 Å². The third-order valence-corrected chi connectivity index (χ3v) is 2.02. The molecule has 1 aromatic carbocycles. The highest BCUT2D eigenvalue weighted by molar-refractivity contribution is 6.35. The van der Waals surface area contributed by atoms with E-state index in [4.69, 9.17) is 28.9 Å². The molecule has 0 saturated carbocycles. The maximum absolute atomic E-state index is 5.86. The van der Waals surface area contributed by atoms with Crippen LogP contribution in [0.15, 0.2) is 18.2 Å². The molecule has 11 heavy (non-hydrogen) atoms. The van der Waals surface area contributed by atoms with Crippen molar-refractivity contribution in [2.24, 2.45) is 5.73 Å². The monoisotopic (exact) mass is 189 g/mol. The molecule has 0 amide bonds. The van der Waals surface area contributed by atoms with Crippen molar-refractivity contribution in [3.63, 3.8) is 0 Å². The van der Waals surface area contributed by atoms with Crippen molar-refractivity contribution in [2.75, 3.05) is 0 Å². The highest BCUT2D eigenvalue weighted by Crippen LogP contribution is 2.24. The number of hydrogen-bond acceptors (Lipinski definition) is 1. The Balaban J connectivity index is 3.09. The summed E-state index contributed by atoms with van der Waals surface area (Å²) in [6.45, 7) is 1.88. The molecule has 0 aliphatic carbocycles. The molecule has 0 aliphatic heterocycles. The highest BCUT2D eigenvalue weighted by Gasteiger charge is 2.04. The summed E-state index contributed by atoms with van der Waals surface area (Å²) in [5.41, 5.74) is 6.56. The van der Waals surface area contributed by atoms with Gasteiger partial charge in [-0.25, -0.2) is 0 Å². The molecule has 2 N–H and O–H groups in total. The first kappa shape index (κ1) is 8.85. The lowest BCUT2D eigenvalue weighted by Crippen LogP contribution is -2.05. The molecule has 0 fully saturated rings. The Kier molecular flexibility index (Phi) is 2.77. The van der Waals surface area contributed by atoms with Crippen LogP contribution >= 0.6 is 23.2 Å². The van der Waals surface area contributed by atoms with Crippen LogP contribution in [0.25, 0.3) is 0 Å². The highest BCUT2D eigenvalue weighted by atomic mass is 35.5. The molecule has 1 atom stereocenters. The lowest BCUT2D eigenvalue weighted by atomic mass is 10.1. The quantitative estimate of drug-likeness (QED) is 0.723. The number of halogens is 2. The van der Waals surface area contributed by atoms with Crippen LogP contribution in [0.4, 0.5) is 0 Å². The summed E-state index contributed by atoms with van der Waals surface area (Å²) in [6, 6.07) is 5.28. The molecule has 1 aromatic rings. The average molecular weight is 190 g/mol. The van der Waals surface area contributed by atoms with Crippen LogP contribution < -0.4 is 5.73 Å². The second-order valence-corrected chi connectivity index (χ2v) is 3.30.